The van der Waals surface area contributed by atoms with Gasteiger partial charge in [-0.15, -0.1) is 0 Å². The second kappa shape index (κ2) is 7.04. The quantitative estimate of drug-likeness (QED) is 0.839. The summed E-state index contributed by atoms with van der Waals surface area (Å²) in [7, 11) is 0. The third-order valence-electron chi connectivity index (χ3n) is 5.59. The van der Waals surface area contributed by atoms with Crippen LogP contribution in [-0.4, -0.2) is 23.7 Å². The molecule has 27 heavy (non-hydrogen) atoms. The lowest BCUT2D eigenvalue weighted by Crippen LogP contribution is -2.47. The van der Waals surface area contributed by atoms with Crippen LogP contribution in [0.25, 0.3) is 11.1 Å². The van der Waals surface area contributed by atoms with Crippen molar-refractivity contribution in [3.05, 3.63) is 47.2 Å². The zero-order valence-electron chi connectivity index (χ0n) is 15.6. The van der Waals surface area contributed by atoms with E-state index in [9.17, 15) is 0 Å². The van der Waals surface area contributed by atoms with E-state index in [0.29, 0.717) is 11.6 Å². The molecule has 2 aliphatic heterocycles. The van der Waals surface area contributed by atoms with Crippen LogP contribution < -0.4 is 10.5 Å². The lowest BCUT2D eigenvalue weighted by Gasteiger charge is -2.44. The molecule has 0 saturated heterocycles. The zero-order chi connectivity index (χ0) is 19.0. The van der Waals surface area contributed by atoms with Gasteiger partial charge in [0.15, 0.2) is 0 Å². The van der Waals surface area contributed by atoms with Crippen molar-refractivity contribution in [3.63, 3.8) is 0 Å². The van der Waals surface area contributed by atoms with E-state index >= 15 is 0 Å². The Morgan fingerprint density at radius 3 is 2.74 bits per heavy atom. The summed E-state index contributed by atoms with van der Waals surface area (Å²) in [6, 6.07) is 8.35. The minimum atomic E-state index is -0.506. The van der Waals surface area contributed by atoms with Gasteiger partial charge in [0, 0.05) is 29.4 Å². The number of ether oxygens (including phenoxy) is 2. The maximum Gasteiger partial charge on any atom is 0.283 e. The van der Waals surface area contributed by atoms with Gasteiger partial charge in [0.05, 0.1) is 5.02 Å². The third kappa shape index (κ3) is 3.04. The highest BCUT2D eigenvalue weighted by atomic mass is 35.5. The SMILES string of the molecule is CCCC1Oc2ccc(-c3cncc(Cl)c3)cc2[C@@]2(COC(N)=N2)C1CC. The molecule has 0 fully saturated rings. The van der Waals surface area contributed by atoms with Gasteiger partial charge >= 0.3 is 0 Å². The van der Waals surface area contributed by atoms with Crippen LogP contribution in [0.1, 0.15) is 38.7 Å². The predicted molar refractivity (Wildman–Crippen MR) is 107 cm³/mol. The maximum absolute atomic E-state index is 6.41. The Morgan fingerprint density at radius 2 is 2.07 bits per heavy atom. The summed E-state index contributed by atoms with van der Waals surface area (Å²) in [5, 5.41) is 0.608. The lowest BCUT2D eigenvalue weighted by atomic mass is 9.71. The number of fused-ring (bicyclic) bond motifs is 2. The average molecular weight is 386 g/mol. The smallest absolute Gasteiger partial charge is 0.283 e. The highest BCUT2D eigenvalue weighted by molar-refractivity contribution is 6.30. The van der Waals surface area contributed by atoms with Crippen LogP contribution in [0.3, 0.4) is 0 Å². The van der Waals surface area contributed by atoms with Crippen molar-refractivity contribution in [2.45, 2.75) is 44.8 Å². The van der Waals surface area contributed by atoms with Crippen molar-refractivity contribution in [1.82, 2.24) is 4.98 Å². The molecule has 4 rings (SSSR count). The molecule has 1 spiro atoms. The van der Waals surface area contributed by atoms with Crippen LogP contribution in [0, 0.1) is 5.92 Å². The molecule has 0 bridgehead atoms. The van der Waals surface area contributed by atoms with Gasteiger partial charge in [-0.05, 0) is 36.6 Å². The molecule has 5 nitrogen and oxygen atoms in total. The van der Waals surface area contributed by atoms with Crippen LogP contribution in [0.2, 0.25) is 5.02 Å². The molecule has 3 atom stereocenters. The van der Waals surface area contributed by atoms with Crippen LogP contribution in [0.5, 0.6) is 5.75 Å². The van der Waals surface area contributed by atoms with Gasteiger partial charge in [0.1, 0.15) is 24.0 Å². The number of pyridine rings is 1. The van der Waals surface area contributed by atoms with E-state index in [-0.39, 0.29) is 18.0 Å². The zero-order valence-corrected chi connectivity index (χ0v) is 16.4. The van der Waals surface area contributed by atoms with Gasteiger partial charge in [-0.25, -0.2) is 4.99 Å². The summed E-state index contributed by atoms with van der Waals surface area (Å²) in [6.45, 7) is 4.81. The number of nitrogens with zero attached hydrogens (tertiary/aromatic N) is 2. The standard InChI is InChI=1S/C21H24ClN3O2/c1-3-5-18-16(4-2)21(12-26-20(23)25-21)17-9-13(6-7-19(17)27-18)14-8-15(22)11-24-10-14/h6-11,16,18H,3-5,12H2,1-2H3,(H2,23,25)/t16?,18?,21-/m1/s1. The van der Waals surface area contributed by atoms with Gasteiger partial charge < -0.3 is 15.2 Å². The number of aromatic nitrogens is 1. The normalized spacial score (nSPS) is 26.3. The molecule has 0 amide bonds. The molecule has 2 N–H and O–H groups in total. The lowest BCUT2D eigenvalue weighted by molar-refractivity contribution is 0.0280. The Morgan fingerprint density at radius 1 is 1.22 bits per heavy atom. The summed E-state index contributed by atoms with van der Waals surface area (Å²) < 4.78 is 12.1. The Balaban J connectivity index is 1.87. The number of amidine groups is 1. The second-order valence-corrected chi connectivity index (χ2v) is 7.66. The largest absolute Gasteiger partial charge is 0.490 e. The van der Waals surface area contributed by atoms with E-state index in [1.165, 1.54) is 0 Å². The van der Waals surface area contributed by atoms with Crippen molar-refractivity contribution in [2.24, 2.45) is 16.6 Å². The number of hydrogen-bond acceptors (Lipinski definition) is 5. The second-order valence-electron chi connectivity index (χ2n) is 7.23. The van der Waals surface area contributed by atoms with E-state index in [2.05, 4.69) is 24.9 Å². The van der Waals surface area contributed by atoms with Crippen molar-refractivity contribution in [1.29, 1.82) is 0 Å². The minimum absolute atomic E-state index is 0.101. The first-order valence-corrected chi connectivity index (χ1v) is 9.85. The summed E-state index contributed by atoms with van der Waals surface area (Å²) in [6.07, 6.45) is 6.52. The van der Waals surface area contributed by atoms with Crippen molar-refractivity contribution in [2.75, 3.05) is 6.61 Å². The fourth-order valence-corrected chi connectivity index (χ4v) is 4.57. The summed E-state index contributed by atoms with van der Waals surface area (Å²) in [5.41, 5.74) is 8.47. The Hall–Kier alpha value is -2.27. The highest BCUT2D eigenvalue weighted by Crippen LogP contribution is 2.51. The fraction of sp³-hybridized carbons (Fsp3) is 0.429. The summed E-state index contributed by atoms with van der Waals surface area (Å²) in [5.74, 6) is 1.07. The first kappa shape index (κ1) is 18.1. The van der Waals surface area contributed by atoms with Crippen LogP contribution in [0.15, 0.2) is 41.7 Å². The topological polar surface area (TPSA) is 69.7 Å². The molecule has 0 radical (unpaired) electrons. The van der Waals surface area contributed by atoms with Gasteiger partial charge in [-0.3, -0.25) is 4.98 Å². The Kier molecular flexibility index (Phi) is 4.72. The molecular weight excluding hydrogens is 362 g/mol. The molecule has 3 heterocycles. The molecule has 1 aromatic carbocycles. The predicted octanol–water partition coefficient (Wildman–Crippen LogP) is 4.53. The molecular formula is C21H24ClN3O2. The van der Waals surface area contributed by atoms with E-state index in [1.54, 1.807) is 6.20 Å². The number of benzene rings is 1. The maximum atomic E-state index is 6.41. The van der Waals surface area contributed by atoms with Crippen molar-refractivity contribution in [3.8, 4) is 16.9 Å². The Labute approximate surface area is 164 Å². The van der Waals surface area contributed by atoms with Crippen molar-refractivity contribution < 1.29 is 9.47 Å². The van der Waals surface area contributed by atoms with E-state index in [1.807, 2.05) is 24.4 Å². The molecule has 0 aliphatic carbocycles. The summed E-state index contributed by atoms with van der Waals surface area (Å²) in [4.78, 5) is 9.01. The van der Waals surface area contributed by atoms with E-state index in [0.717, 1.165) is 41.7 Å². The molecule has 2 aromatic rings. The number of aliphatic imine (C=N–C) groups is 1. The van der Waals surface area contributed by atoms with E-state index < -0.39 is 5.54 Å². The molecule has 1 aromatic heterocycles. The Bertz CT molecular complexity index is 885. The monoisotopic (exact) mass is 385 g/mol. The third-order valence-corrected chi connectivity index (χ3v) is 5.79. The minimum Gasteiger partial charge on any atom is -0.490 e. The number of hydrogen-bond donors (Lipinski definition) is 1. The van der Waals surface area contributed by atoms with Gasteiger partial charge in [-0.1, -0.05) is 37.9 Å². The number of rotatable bonds is 4. The number of halogens is 1. The molecule has 2 unspecified atom stereocenters. The van der Waals surface area contributed by atoms with Crippen molar-refractivity contribution >= 4 is 17.6 Å². The van der Waals surface area contributed by atoms with Crippen LogP contribution in [-0.2, 0) is 10.3 Å². The first-order chi connectivity index (χ1) is 13.1. The average Bonchev–Trinajstić information content (AvgIpc) is 3.04. The van der Waals surface area contributed by atoms with E-state index in [4.69, 9.17) is 31.8 Å². The summed E-state index contributed by atoms with van der Waals surface area (Å²) >= 11 is 6.13. The molecule has 2 aliphatic rings. The molecule has 0 saturated carbocycles. The van der Waals surface area contributed by atoms with Crippen LogP contribution in [0.4, 0.5) is 0 Å². The van der Waals surface area contributed by atoms with Crippen LogP contribution >= 0.6 is 11.6 Å². The van der Waals surface area contributed by atoms with Gasteiger partial charge in [0.2, 0.25) is 0 Å². The highest BCUT2D eigenvalue weighted by Gasteiger charge is 2.52. The van der Waals surface area contributed by atoms with Gasteiger partial charge in [-0.2, -0.15) is 0 Å². The fourth-order valence-electron chi connectivity index (χ4n) is 4.39. The number of nitrogens with two attached hydrogens (primary N) is 1. The first-order valence-electron chi connectivity index (χ1n) is 9.47. The molecule has 6 heteroatoms. The van der Waals surface area contributed by atoms with Gasteiger partial charge in [0.25, 0.3) is 6.02 Å². The molecule has 142 valence electrons.